The van der Waals surface area contributed by atoms with Crippen LogP contribution in [0.25, 0.3) is 0 Å². The lowest BCUT2D eigenvalue weighted by Crippen LogP contribution is -2.47. The van der Waals surface area contributed by atoms with Gasteiger partial charge in [0.05, 0.1) is 12.6 Å². The van der Waals surface area contributed by atoms with Crippen molar-refractivity contribution in [3.63, 3.8) is 0 Å². The molecule has 38 heavy (non-hydrogen) atoms. The zero-order chi connectivity index (χ0) is 28.1. The SMILES string of the molecule is CC(O)C(NC(=O)c1ccc(C#CC#Cc2ccc(CNCCCNC(=O)OC(C)(C)C)o2)cc1)C(=O)O. The predicted molar refractivity (Wildman–Crippen MR) is 140 cm³/mol. The first-order chi connectivity index (χ1) is 17.9. The first-order valence-electron chi connectivity index (χ1n) is 12.0. The molecule has 0 spiro atoms. The molecular weight excluding hydrogens is 490 g/mol. The van der Waals surface area contributed by atoms with E-state index in [1.807, 2.05) is 26.8 Å². The first-order valence-corrected chi connectivity index (χ1v) is 12.0. The highest BCUT2D eigenvalue weighted by Crippen LogP contribution is 2.08. The lowest BCUT2D eigenvalue weighted by atomic mass is 10.1. The quantitative estimate of drug-likeness (QED) is 0.235. The van der Waals surface area contributed by atoms with Crippen molar-refractivity contribution in [3.8, 4) is 23.7 Å². The molecule has 0 saturated carbocycles. The van der Waals surface area contributed by atoms with Gasteiger partial charge in [0.2, 0.25) is 0 Å². The van der Waals surface area contributed by atoms with Crippen LogP contribution in [0, 0.1) is 23.7 Å². The van der Waals surface area contributed by atoms with Gasteiger partial charge in [0.25, 0.3) is 5.91 Å². The lowest BCUT2D eigenvalue weighted by Gasteiger charge is -2.19. The van der Waals surface area contributed by atoms with E-state index in [0.717, 1.165) is 12.2 Å². The Morgan fingerprint density at radius 2 is 1.71 bits per heavy atom. The highest BCUT2D eigenvalue weighted by Gasteiger charge is 2.25. The van der Waals surface area contributed by atoms with Crippen LogP contribution in [0.1, 0.15) is 61.6 Å². The molecule has 0 aliphatic heterocycles. The highest BCUT2D eigenvalue weighted by atomic mass is 16.6. The summed E-state index contributed by atoms with van der Waals surface area (Å²) in [5, 5.41) is 26.8. The minimum Gasteiger partial charge on any atom is -0.480 e. The number of hydrogen-bond acceptors (Lipinski definition) is 7. The Balaban J connectivity index is 1.76. The van der Waals surface area contributed by atoms with E-state index in [1.165, 1.54) is 19.1 Å². The van der Waals surface area contributed by atoms with Crippen LogP contribution in [0.4, 0.5) is 4.79 Å². The number of ether oxygens (including phenoxy) is 1. The number of aliphatic carboxylic acids is 1. The average Bonchev–Trinajstić information content (AvgIpc) is 3.28. The lowest BCUT2D eigenvalue weighted by molar-refractivity contribution is -0.141. The zero-order valence-corrected chi connectivity index (χ0v) is 21.9. The van der Waals surface area contributed by atoms with Gasteiger partial charge in [0.1, 0.15) is 11.4 Å². The second kappa shape index (κ2) is 14.5. The molecule has 0 radical (unpaired) electrons. The molecule has 2 unspecified atom stereocenters. The van der Waals surface area contributed by atoms with Crippen LogP contribution in [0.15, 0.2) is 40.8 Å². The Labute approximate surface area is 222 Å². The number of aliphatic hydroxyl groups is 1. The van der Waals surface area contributed by atoms with Crippen LogP contribution < -0.4 is 16.0 Å². The summed E-state index contributed by atoms with van der Waals surface area (Å²) in [6.07, 6.45) is -0.932. The van der Waals surface area contributed by atoms with Gasteiger partial charge in [-0.15, -0.1) is 0 Å². The Morgan fingerprint density at radius 3 is 2.34 bits per heavy atom. The minimum atomic E-state index is -1.40. The smallest absolute Gasteiger partial charge is 0.407 e. The van der Waals surface area contributed by atoms with E-state index in [2.05, 4.69) is 39.6 Å². The van der Waals surface area contributed by atoms with Crippen molar-refractivity contribution in [1.82, 2.24) is 16.0 Å². The van der Waals surface area contributed by atoms with E-state index >= 15 is 0 Å². The van der Waals surface area contributed by atoms with E-state index in [-0.39, 0.29) is 5.56 Å². The van der Waals surface area contributed by atoms with Gasteiger partial charge in [-0.25, -0.2) is 9.59 Å². The molecule has 2 aromatic rings. The second-order valence-electron chi connectivity index (χ2n) is 9.33. The summed E-state index contributed by atoms with van der Waals surface area (Å²) < 4.78 is 10.8. The molecule has 1 heterocycles. The van der Waals surface area contributed by atoms with Gasteiger partial charge >= 0.3 is 12.1 Å². The molecule has 0 aliphatic carbocycles. The summed E-state index contributed by atoms with van der Waals surface area (Å²) in [6.45, 7) is 8.43. The van der Waals surface area contributed by atoms with Crippen LogP contribution in [-0.2, 0) is 16.1 Å². The maximum absolute atomic E-state index is 12.2. The molecule has 0 bridgehead atoms. The molecule has 2 amide bonds. The topological polar surface area (TPSA) is 150 Å². The van der Waals surface area contributed by atoms with Gasteiger partial charge in [-0.3, -0.25) is 4.79 Å². The van der Waals surface area contributed by atoms with Crippen LogP contribution in [0.5, 0.6) is 0 Å². The number of aliphatic hydroxyl groups excluding tert-OH is 1. The fourth-order valence-corrected chi connectivity index (χ4v) is 2.98. The second-order valence-corrected chi connectivity index (χ2v) is 9.33. The van der Waals surface area contributed by atoms with Crippen molar-refractivity contribution in [2.24, 2.45) is 0 Å². The Morgan fingerprint density at radius 1 is 1.03 bits per heavy atom. The van der Waals surface area contributed by atoms with Crippen LogP contribution in [-0.4, -0.2) is 59.0 Å². The predicted octanol–water partition coefficient (Wildman–Crippen LogP) is 2.25. The van der Waals surface area contributed by atoms with Crippen LogP contribution in [0.3, 0.4) is 0 Å². The number of nitrogens with one attached hydrogen (secondary N) is 3. The molecule has 5 N–H and O–H groups in total. The van der Waals surface area contributed by atoms with Crippen LogP contribution in [0.2, 0.25) is 0 Å². The third kappa shape index (κ3) is 11.2. The van der Waals surface area contributed by atoms with Crippen molar-refractivity contribution < 1.29 is 33.8 Å². The van der Waals surface area contributed by atoms with Crippen molar-refractivity contribution in [2.45, 2.75) is 58.4 Å². The number of carbonyl (C=O) groups excluding carboxylic acids is 2. The normalized spacial score (nSPS) is 12.1. The van der Waals surface area contributed by atoms with Crippen molar-refractivity contribution in [1.29, 1.82) is 0 Å². The van der Waals surface area contributed by atoms with Gasteiger partial charge in [0, 0.05) is 17.7 Å². The van der Waals surface area contributed by atoms with E-state index in [9.17, 15) is 19.5 Å². The van der Waals surface area contributed by atoms with Gasteiger partial charge in [-0.05, 0) is 94.8 Å². The molecule has 2 rings (SSSR count). The Hall–Kier alpha value is -4.25. The van der Waals surface area contributed by atoms with Gasteiger partial charge in [0.15, 0.2) is 11.8 Å². The molecule has 1 aromatic carbocycles. The van der Waals surface area contributed by atoms with E-state index in [0.29, 0.717) is 31.0 Å². The fraction of sp³-hybridized carbons (Fsp3) is 0.393. The van der Waals surface area contributed by atoms with Gasteiger partial charge < -0.3 is 35.3 Å². The van der Waals surface area contributed by atoms with Gasteiger partial charge in [-0.2, -0.15) is 0 Å². The number of hydrogen-bond donors (Lipinski definition) is 5. The maximum atomic E-state index is 12.2. The number of alkyl carbamates (subject to hydrolysis) is 1. The number of benzene rings is 1. The van der Waals surface area contributed by atoms with E-state index in [1.54, 1.807) is 18.2 Å². The number of furan rings is 1. The average molecular weight is 524 g/mol. The third-order valence-corrected chi connectivity index (χ3v) is 4.80. The molecule has 10 nitrogen and oxygen atoms in total. The molecule has 10 heteroatoms. The standard InChI is InChI=1S/C28H33N3O7/c1-19(32)24(26(34)35)31-25(33)21-12-10-20(11-13-21)8-5-6-9-22-14-15-23(37-22)18-29-16-7-17-30-27(36)38-28(2,3)4/h10-15,19,24,29,32H,7,16-18H2,1-4H3,(H,30,36)(H,31,33)(H,34,35). The summed E-state index contributed by atoms with van der Waals surface area (Å²) in [7, 11) is 0. The highest BCUT2D eigenvalue weighted by molar-refractivity contribution is 5.96. The van der Waals surface area contributed by atoms with Gasteiger partial charge in [-0.1, -0.05) is 5.92 Å². The molecule has 2 atom stereocenters. The molecule has 0 aliphatic rings. The maximum Gasteiger partial charge on any atom is 0.407 e. The molecule has 1 aromatic heterocycles. The number of rotatable bonds is 10. The Kier molecular flexibility index (Phi) is 11.4. The number of carbonyl (C=O) groups is 3. The third-order valence-electron chi connectivity index (χ3n) is 4.80. The van der Waals surface area contributed by atoms with Crippen molar-refractivity contribution >= 4 is 18.0 Å². The number of carboxylic acid groups (broad SMARTS) is 1. The Bertz CT molecular complexity index is 1220. The molecule has 0 fully saturated rings. The van der Waals surface area contributed by atoms with E-state index in [4.69, 9.17) is 14.3 Å². The number of amides is 2. The molecule has 0 saturated heterocycles. The monoisotopic (exact) mass is 523 g/mol. The zero-order valence-electron chi connectivity index (χ0n) is 21.9. The molecular formula is C28H33N3O7. The van der Waals surface area contributed by atoms with Crippen molar-refractivity contribution in [3.05, 3.63) is 59.0 Å². The summed E-state index contributed by atoms with van der Waals surface area (Å²) in [4.78, 5) is 34.9. The first kappa shape index (κ1) is 30.0. The minimum absolute atomic E-state index is 0.240. The molecule has 202 valence electrons. The number of carboxylic acids is 1. The summed E-state index contributed by atoms with van der Waals surface area (Å²) in [5.41, 5.74) is 0.340. The van der Waals surface area contributed by atoms with Crippen molar-refractivity contribution in [2.75, 3.05) is 13.1 Å². The van der Waals surface area contributed by atoms with E-state index < -0.39 is 35.7 Å². The largest absolute Gasteiger partial charge is 0.480 e. The summed E-state index contributed by atoms with van der Waals surface area (Å²) in [6, 6.07) is 8.41. The fourth-order valence-electron chi connectivity index (χ4n) is 2.98. The van der Waals surface area contributed by atoms with Crippen LogP contribution >= 0.6 is 0 Å². The summed E-state index contributed by atoms with van der Waals surface area (Å²) in [5.74, 6) is 10.4. The summed E-state index contributed by atoms with van der Waals surface area (Å²) >= 11 is 0.